The number of alkyl halides is 3. The van der Waals surface area contributed by atoms with E-state index < -0.39 is 18.0 Å². The zero-order valence-electron chi connectivity index (χ0n) is 10.0. The number of amides is 1. The van der Waals surface area contributed by atoms with E-state index in [0.717, 1.165) is 18.3 Å². The Kier molecular flexibility index (Phi) is 3.88. The summed E-state index contributed by atoms with van der Waals surface area (Å²) in [5.74, 6) is 0.324. The number of hydrogen-bond donors (Lipinski definition) is 1. The molecule has 104 valence electrons. The third-order valence-corrected chi connectivity index (χ3v) is 2.25. The monoisotopic (exact) mass is 282 g/mol. The predicted molar refractivity (Wildman–Crippen MR) is 65.3 cm³/mol. The van der Waals surface area contributed by atoms with Crippen LogP contribution in [0, 0.1) is 0 Å². The van der Waals surface area contributed by atoms with Crippen LogP contribution in [0.1, 0.15) is 5.69 Å². The molecule has 1 heterocycles. The summed E-state index contributed by atoms with van der Waals surface area (Å²) >= 11 is 0. The number of carbonyl (C=O) groups excluding carboxylic acids is 1. The number of ether oxygens (including phenoxy) is 1. The molecule has 4 nitrogen and oxygen atoms in total. The first-order chi connectivity index (χ1) is 9.45. The molecule has 1 N–H and O–H groups in total. The van der Waals surface area contributed by atoms with E-state index in [1.54, 1.807) is 30.3 Å². The third kappa shape index (κ3) is 3.71. The molecule has 0 fully saturated rings. The summed E-state index contributed by atoms with van der Waals surface area (Å²) in [6.07, 6.45) is -4.41. The van der Waals surface area contributed by atoms with Crippen LogP contribution in [0.4, 0.5) is 23.7 Å². The standard InChI is InChI=1S/C13H9F3N2O2/c14-13(15,16)11-7-6-9(8-17-11)18-12(19)20-10-4-2-1-3-5-10/h1-8H,(H,18,19). The van der Waals surface area contributed by atoms with Gasteiger partial charge in [-0.15, -0.1) is 0 Å². The highest BCUT2D eigenvalue weighted by molar-refractivity contribution is 5.85. The largest absolute Gasteiger partial charge is 0.433 e. The molecule has 0 aliphatic carbocycles. The zero-order chi connectivity index (χ0) is 14.6. The van der Waals surface area contributed by atoms with Crippen LogP contribution in [0.3, 0.4) is 0 Å². The van der Waals surface area contributed by atoms with E-state index in [1.165, 1.54) is 0 Å². The Morgan fingerprint density at radius 1 is 1.10 bits per heavy atom. The fraction of sp³-hybridized carbons (Fsp3) is 0.0769. The number of anilines is 1. The molecule has 0 radical (unpaired) electrons. The first kappa shape index (κ1) is 13.9. The van der Waals surface area contributed by atoms with Gasteiger partial charge >= 0.3 is 12.3 Å². The van der Waals surface area contributed by atoms with Crippen LogP contribution >= 0.6 is 0 Å². The van der Waals surface area contributed by atoms with Gasteiger partial charge in [0.1, 0.15) is 11.4 Å². The number of carbonyl (C=O) groups is 1. The van der Waals surface area contributed by atoms with Crippen molar-refractivity contribution in [2.75, 3.05) is 5.32 Å². The second-order valence-corrected chi connectivity index (χ2v) is 3.76. The molecule has 20 heavy (non-hydrogen) atoms. The van der Waals surface area contributed by atoms with Crippen molar-refractivity contribution in [2.24, 2.45) is 0 Å². The zero-order valence-corrected chi connectivity index (χ0v) is 10.0. The number of aromatic nitrogens is 1. The predicted octanol–water partition coefficient (Wildman–Crippen LogP) is 3.71. The number of nitrogens with zero attached hydrogens (tertiary/aromatic N) is 1. The first-order valence-electron chi connectivity index (χ1n) is 5.52. The summed E-state index contributed by atoms with van der Waals surface area (Å²) in [5, 5.41) is 2.28. The van der Waals surface area contributed by atoms with E-state index in [1.807, 2.05) is 0 Å². The molecule has 2 rings (SSSR count). The Labute approximate surface area is 112 Å². The van der Waals surface area contributed by atoms with Gasteiger partial charge in [0.15, 0.2) is 0 Å². The van der Waals surface area contributed by atoms with Crippen LogP contribution in [0.25, 0.3) is 0 Å². The maximum absolute atomic E-state index is 12.3. The normalized spacial score (nSPS) is 10.9. The molecule has 0 spiro atoms. The highest BCUT2D eigenvalue weighted by Gasteiger charge is 2.32. The van der Waals surface area contributed by atoms with E-state index in [9.17, 15) is 18.0 Å². The van der Waals surface area contributed by atoms with E-state index in [-0.39, 0.29) is 5.69 Å². The second-order valence-electron chi connectivity index (χ2n) is 3.76. The second kappa shape index (κ2) is 5.60. The lowest BCUT2D eigenvalue weighted by Crippen LogP contribution is -2.17. The van der Waals surface area contributed by atoms with E-state index >= 15 is 0 Å². The number of para-hydroxylation sites is 1. The Morgan fingerprint density at radius 2 is 1.80 bits per heavy atom. The van der Waals surface area contributed by atoms with Crippen molar-refractivity contribution in [1.29, 1.82) is 0 Å². The highest BCUT2D eigenvalue weighted by Crippen LogP contribution is 2.27. The van der Waals surface area contributed by atoms with Crippen LogP contribution < -0.4 is 10.1 Å². The molecule has 0 atom stereocenters. The van der Waals surface area contributed by atoms with Crippen molar-refractivity contribution in [3.05, 3.63) is 54.4 Å². The van der Waals surface area contributed by atoms with Crippen LogP contribution in [0.15, 0.2) is 48.7 Å². The number of benzene rings is 1. The van der Waals surface area contributed by atoms with Crippen molar-refractivity contribution in [2.45, 2.75) is 6.18 Å². The van der Waals surface area contributed by atoms with Crippen molar-refractivity contribution >= 4 is 11.8 Å². The Bertz CT molecular complexity index is 583. The molecule has 2 aromatic rings. The minimum atomic E-state index is -4.51. The van der Waals surface area contributed by atoms with Gasteiger partial charge in [0, 0.05) is 0 Å². The van der Waals surface area contributed by atoms with E-state index in [4.69, 9.17) is 4.74 Å². The van der Waals surface area contributed by atoms with Gasteiger partial charge in [-0.3, -0.25) is 5.32 Å². The van der Waals surface area contributed by atoms with Gasteiger partial charge in [0.25, 0.3) is 0 Å². The molecule has 0 aliphatic heterocycles. The smallest absolute Gasteiger partial charge is 0.410 e. The summed E-state index contributed by atoms with van der Waals surface area (Å²) < 4.78 is 41.8. The molecule has 0 unspecified atom stereocenters. The Balaban J connectivity index is 1.98. The molecule has 1 aromatic heterocycles. The number of nitrogens with one attached hydrogen (secondary N) is 1. The molecule has 1 amide bonds. The van der Waals surface area contributed by atoms with Crippen molar-refractivity contribution < 1.29 is 22.7 Å². The maximum Gasteiger partial charge on any atom is 0.433 e. The molecular formula is C13H9F3N2O2. The molecule has 1 aromatic carbocycles. The summed E-state index contributed by atoms with van der Waals surface area (Å²) in [5.41, 5.74) is -0.918. The van der Waals surface area contributed by atoms with Crippen LogP contribution in [0.2, 0.25) is 0 Å². The van der Waals surface area contributed by atoms with Gasteiger partial charge in [0.2, 0.25) is 0 Å². The Hall–Kier alpha value is -2.57. The van der Waals surface area contributed by atoms with Crippen LogP contribution in [0.5, 0.6) is 5.75 Å². The average Bonchev–Trinajstić information content (AvgIpc) is 2.39. The fourth-order valence-electron chi connectivity index (χ4n) is 1.37. The number of pyridine rings is 1. The van der Waals surface area contributed by atoms with Gasteiger partial charge in [0.05, 0.1) is 11.9 Å². The minimum absolute atomic E-state index is 0.110. The van der Waals surface area contributed by atoms with Gasteiger partial charge < -0.3 is 4.74 Å². The molecule has 0 aliphatic rings. The topological polar surface area (TPSA) is 51.2 Å². The molecule has 0 bridgehead atoms. The lowest BCUT2D eigenvalue weighted by Gasteiger charge is -2.08. The van der Waals surface area contributed by atoms with E-state index in [0.29, 0.717) is 5.75 Å². The average molecular weight is 282 g/mol. The molecule has 0 saturated carbocycles. The van der Waals surface area contributed by atoms with E-state index in [2.05, 4.69) is 10.3 Å². The van der Waals surface area contributed by atoms with Crippen molar-refractivity contribution in [1.82, 2.24) is 4.98 Å². The number of hydrogen-bond acceptors (Lipinski definition) is 3. The first-order valence-corrected chi connectivity index (χ1v) is 5.52. The van der Waals surface area contributed by atoms with Gasteiger partial charge in [-0.2, -0.15) is 13.2 Å². The summed E-state index contributed by atoms with van der Waals surface area (Å²) in [7, 11) is 0. The molecule has 7 heteroatoms. The van der Waals surface area contributed by atoms with Gasteiger partial charge in [-0.25, -0.2) is 9.78 Å². The minimum Gasteiger partial charge on any atom is -0.410 e. The summed E-state index contributed by atoms with van der Waals surface area (Å²) in [4.78, 5) is 14.7. The number of rotatable bonds is 2. The fourth-order valence-corrected chi connectivity index (χ4v) is 1.37. The van der Waals surface area contributed by atoms with Gasteiger partial charge in [-0.05, 0) is 24.3 Å². The summed E-state index contributed by atoms with van der Waals surface area (Å²) in [6, 6.07) is 10.1. The van der Waals surface area contributed by atoms with Crippen LogP contribution in [-0.4, -0.2) is 11.1 Å². The lowest BCUT2D eigenvalue weighted by atomic mass is 10.3. The Morgan fingerprint density at radius 3 is 2.35 bits per heavy atom. The highest BCUT2D eigenvalue weighted by atomic mass is 19.4. The van der Waals surface area contributed by atoms with Gasteiger partial charge in [-0.1, -0.05) is 18.2 Å². The summed E-state index contributed by atoms with van der Waals surface area (Å²) in [6.45, 7) is 0. The third-order valence-electron chi connectivity index (χ3n) is 2.25. The quantitative estimate of drug-likeness (QED) is 0.913. The number of halogens is 3. The lowest BCUT2D eigenvalue weighted by molar-refractivity contribution is -0.141. The SMILES string of the molecule is O=C(Nc1ccc(C(F)(F)F)nc1)Oc1ccccc1. The molecular weight excluding hydrogens is 273 g/mol. The van der Waals surface area contributed by atoms with Crippen molar-refractivity contribution in [3.63, 3.8) is 0 Å². The van der Waals surface area contributed by atoms with Crippen LogP contribution in [-0.2, 0) is 6.18 Å². The molecule has 0 saturated heterocycles. The van der Waals surface area contributed by atoms with Crippen molar-refractivity contribution in [3.8, 4) is 5.75 Å². The maximum atomic E-state index is 12.3.